The zero-order valence-corrected chi connectivity index (χ0v) is 16.3. The largest absolute Gasteiger partial charge is 0.494 e. The van der Waals surface area contributed by atoms with E-state index in [0.29, 0.717) is 17.7 Å². The molecule has 0 aliphatic rings. The lowest BCUT2D eigenvalue weighted by Crippen LogP contribution is -2.20. The van der Waals surface area contributed by atoms with E-state index >= 15 is 0 Å². The van der Waals surface area contributed by atoms with E-state index in [1.807, 2.05) is 0 Å². The van der Waals surface area contributed by atoms with Crippen LogP contribution in [0, 0.1) is 0 Å². The molecule has 0 spiro atoms. The summed E-state index contributed by atoms with van der Waals surface area (Å²) in [7, 11) is 0. The van der Waals surface area contributed by atoms with E-state index in [1.54, 1.807) is 24.3 Å². The highest BCUT2D eigenvalue weighted by atomic mass is 35.5. The SMILES string of the molecule is CC(=O)c1ccc(OCCCC(=O)Nc2cc(Cl)ccc2OCC(F)(F)F)cc1. The van der Waals surface area contributed by atoms with Crippen LogP contribution in [0.4, 0.5) is 18.9 Å². The Labute approximate surface area is 170 Å². The Morgan fingerprint density at radius 3 is 2.38 bits per heavy atom. The molecule has 2 aromatic carbocycles. The van der Waals surface area contributed by atoms with Crippen molar-refractivity contribution in [3.8, 4) is 11.5 Å². The molecule has 0 saturated heterocycles. The number of ketones is 1. The zero-order chi connectivity index (χ0) is 21.4. The van der Waals surface area contributed by atoms with Crippen molar-refractivity contribution in [1.29, 1.82) is 0 Å². The van der Waals surface area contributed by atoms with Gasteiger partial charge in [-0.05, 0) is 55.8 Å². The summed E-state index contributed by atoms with van der Waals surface area (Å²) in [5.74, 6) is -0.0255. The minimum atomic E-state index is -4.50. The molecule has 0 aliphatic heterocycles. The second-order valence-electron chi connectivity index (χ2n) is 6.13. The first-order valence-electron chi connectivity index (χ1n) is 8.67. The molecule has 0 fully saturated rings. The van der Waals surface area contributed by atoms with Crippen LogP contribution in [0.3, 0.4) is 0 Å². The Morgan fingerprint density at radius 2 is 1.76 bits per heavy atom. The van der Waals surface area contributed by atoms with Crippen molar-refractivity contribution in [3.05, 3.63) is 53.1 Å². The molecule has 0 heterocycles. The topological polar surface area (TPSA) is 64.6 Å². The van der Waals surface area contributed by atoms with E-state index < -0.39 is 18.7 Å². The van der Waals surface area contributed by atoms with Gasteiger partial charge in [-0.2, -0.15) is 13.2 Å². The third kappa shape index (κ3) is 8.03. The summed E-state index contributed by atoms with van der Waals surface area (Å²) in [6.07, 6.45) is -4.04. The van der Waals surface area contributed by atoms with Gasteiger partial charge in [0.05, 0.1) is 12.3 Å². The first-order valence-corrected chi connectivity index (χ1v) is 9.04. The number of Topliss-reactive ketones (excluding diaryl/α,β-unsaturated/α-hetero) is 1. The third-order valence-electron chi connectivity index (χ3n) is 3.68. The van der Waals surface area contributed by atoms with Crippen LogP contribution in [0.25, 0.3) is 0 Å². The fourth-order valence-corrected chi connectivity index (χ4v) is 2.48. The van der Waals surface area contributed by atoms with Crippen LogP contribution in [0.2, 0.25) is 5.02 Å². The van der Waals surface area contributed by atoms with Crippen LogP contribution in [0.1, 0.15) is 30.1 Å². The van der Waals surface area contributed by atoms with Gasteiger partial charge in [0.25, 0.3) is 0 Å². The van der Waals surface area contributed by atoms with Crippen molar-refractivity contribution >= 4 is 29.0 Å². The van der Waals surface area contributed by atoms with Gasteiger partial charge in [-0.15, -0.1) is 0 Å². The van der Waals surface area contributed by atoms with E-state index in [0.717, 1.165) is 0 Å². The summed E-state index contributed by atoms with van der Waals surface area (Å²) < 4.78 is 47.3. The first kappa shape index (κ1) is 22.5. The number of anilines is 1. The Kier molecular flexibility index (Phi) is 7.90. The molecule has 2 rings (SSSR count). The van der Waals surface area contributed by atoms with Gasteiger partial charge >= 0.3 is 6.18 Å². The van der Waals surface area contributed by atoms with E-state index in [-0.39, 0.29) is 35.3 Å². The molecule has 9 heteroatoms. The highest BCUT2D eigenvalue weighted by Crippen LogP contribution is 2.30. The number of ether oxygens (including phenoxy) is 2. The molecule has 0 atom stereocenters. The highest BCUT2D eigenvalue weighted by molar-refractivity contribution is 6.31. The summed E-state index contributed by atoms with van der Waals surface area (Å²) in [4.78, 5) is 23.3. The average Bonchev–Trinajstić information content (AvgIpc) is 2.64. The van der Waals surface area contributed by atoms with Crippen molar-refractivity contribution in [2.45, 2.75) is 25.9 Å². The zero-order valence-electron chi connectivity index (χ0n) is 15.5. The number of nitrogens with one attached hydrogen (secondary N) is 1. The Hall–Kier alpha value is -2.74. The van der Waals surface area contributed by atoms with E-state index in [1.165, 1.54) is 25.1 Å². The molecular weight excluding hydrogens is 411 g/mol. The normalized spacial score (nSPS) is 11.1. The van der Waals surface area contributed by atoms with Crippen LogP contribution >= 0.6 is 11.6 Å². The van der Waals surface area contributed by atoms with Crippen molar-refractivity contribution in [3.63, 3.8) is 0 Å². The lowest BCUT2D eigenvalue weighted by Gasteiger charge is -2.14. The number of rotatable bonds is 9. The molecule has 0 aliphatic carbocycles. The predicted octanol–water partition coefficient (Wildman–Crippen LogP) is 5.28. The van der Waals surface area contributed by atoms with Gasteiger partial charge in [-0.3, -0.25) is 9.59 Å². The molecule has 29 heavy (non-hydrogen) atoms. The molecule has 0 saturated carbocycles. The van der Waals surface area contributed by atoms with E-state index in [4.69, 9.17) is 21.1 Å². The maximum absolute atomic E-state index is 12.4. The van der Waals surface area contributed by atoms with Crippen molar-refractivity contribution < 1.29 is 32.2 Å². The molecule has 1 amide bonds. The first-order chi connectivity index (χ1) is 13.6. The molecule has 2 aromatic rings. The Balaban J connectivity index is 1.82. The van der Waals surface area contributed by atoms with E-state index in [2.05, 4.69) is 5.32 Å². The van der Waals surface area contributed by atoms with Gasteiger partial charge in [0.1, 0.15) is 11.5 Å². The fraction of sp³-hybridized carbons (Fsp3) is 0.300. The average molecular weight is 430 g/mol. The summed E-state index contributed by atoms with van der Waals surface area (Å²) in [6.45, 7) is 0.238. The van der Waals surface area contributed by atoms with Crippen molar-refractivity contribution in [2.75, 3.05) is 18.5 Å². The summed E-state index contributed by atoms with van der Waals surface area (Å²) in [5.41, 5.74) is 0.634. The van der Waals surface area contributed by atoms with Crippen LogP contribution in [-0.2, 0) is 4.79 Å². The van der Waals surface area contributed by atoms with Gasteiger partial charge in [0.2, 0.25) is 5.91 Å². The van der Waals surface area contributed by atoms with Gasteiger partial charge in [-0.1, -0.05) is 11.6 Å². The number of carbonyl (C=O) groups is 2. The minimum absolute atomic E-state index is 0.0483. The molecule has 0 radical (unpaired) electrons. The Bertz CT molecular complexity index is 854. The lowest BCUT2D eigenvalue weighted by molar-refractivity contribution is -0.153. The summed E-state index contributed by atoms with van der Waals surface area (Å²) in [5, 5.41) is 2.74. The predicted molar refractivity (Wildman–Crippen MR) is 103 cm³/mol. The van der Waals surface area contributed by atoms with Crippen molar-refractivity contribution in [2.24, 2.45) is 0 Å². The highest BCUT2D eigenvalue weighted by Gasteiger charge is 2.29. The quantitative estimate of drug-likeness (QED) is 0.435. The molecule has 5 nitrogen and oxygen atoms in total. The molecule has 156 valence electrons. The standard InChI is InChI=1S/C20H19ClF3NO4/c1-13(26)14-4-7-16(8-5-14)28-10-2-3-19(27)25-17-11-15(21)6-9-18(17)29-12-20(22,23)24/h4-9,11H,2-3,10,12H2,1H3,(H,25,27). The maximum Gasteiger partial charge on any atom is 0.422 e. The molecule has 0 aromatic heterocycles. The monoisotopic (exact) mass is 429 g/mol. The lowest BCUT2D eigenvalue weighted by atomic mass is 10.1. The third-order valence-corrected chi connectivity index (χ3v) is 3.92. The number of halogens is 4. The molecule has 1 N–H and O–H groups in total. The fourth-order valence-electron chi connectivity index (χ4n) is 2.31. The smallest absolute Gasteiger partial charge is 0.422 e. The minimum Gasteiger partial charge on any atom is -0.494 e. The number of alkyl halides is 3. The second kappa shape index (κ2) is 10.2. The van der Waals surface area contributed by atoms with Gasteiger partial charge in [0, 0.05) is 17.0 Å². The second-order valence-corrected chi connectivity index (χ2v) is 6.56. The van der Waals surface area contributed by atoms with Crippen LogP contribution in [-0.4, -0.2) is 31.1 Å². The van der Waals surface area contributed by atoms with Gasteiger partial charge in [-0.25, -0.2) is 0 Å². The molecular formula is C20H19ClF3NO4. The number of amides is 1. The molecule has 0 unspecified atom stereocenters. The van der Waals surface area contributed by atoms with Crippen LogP contribution in [0.5, 0.6) is 11.5 Å². The van der Waals surface area contributed by atoms with Gasteiger partial charge in [0.15, 0.2) is 12.4 Å². The van der Waals surface area contributed by atoms with Crippen LogP contribution < -0.4 is 14.8 Å². The Morgan fingerprint density at radius 1 is 1.07 bits per heavy atom. The summed E-state index contributed by atoms with van der Waals surface area (Å²) >= 11 is 5.85. The number of hydrogen-bond acceptors (Lipinski definition) is 4. The van der Waals surface area contributed by atoms with E-state index in [9.17, 15) is 22.8 Å². The van der Waals surface area contributed by atoms with Crippen LogP contribution in [0.15, 0.2) is 42.5 Å². The van der Waals surface area contributed by atoms with Gasteiger partial charge < -0.3 is 14.8 Å². The summed E-state index contributed by atoms with van der Waals surface area (Å²) in [6, 6.07) is 10.6. The number of benzene rings is 2. The number of hydrogen-bond donors (Lipinski definition) is 1. The molecule has 0 bridgehead atoms. The number of carbonyl (C=O) groups excluding carboxylic acids is 2. The maximum atomic E-state index is 12.4. The van der Waals surface area contributed by atoms with Crippen molar-refractivity contribution in [1.82, 2.24) is 0 Å².